The molecule has 37 heavy (non-hydrogen) atoms. The smallest absolute Gasteiger partial charge is 0.397 e. The lowest BCUT2D eigenvalue weighted by molar-refractivity contribution is -0.152. The first-order valence-corrected chi connectivity index (χ1v) is 11.0. The van der Waals surface area contributed by atoms with Crippen LogP contribution >= 0.6 is 0 Å². The summed E-state index contributed by atoms with van der Waals surface area (Å²) < 4.78 is 64.4. The van der Waals surface area contributed by atoms with Crippen molar-refractivity contribution in [3.05, 3.63) is 62.2 Å². The van der Waals surface area contributed by atoms with Gasteiger partial charge in [0.15, 0.2) is 0 Å². The Morgan fingerprint density at radius 2 is 1.84 bits per heavy atom. The number of carbonyl (C=O) groups excluding carboxylic acids is 1. The molecule has 2 rings (SSSR count). The quantitative estimate of drug-likeness (QED) is 0.265. The van der Waals surface area contributed by atoms with Gasteiger partial charge in [0.05, 0.1) is 24.9 Å². The van der Waals surface area contributed by atoms with Crippen molar-refractivity contribution < 1.29 is 36.7 Å². The number of nitrogens with zero attached hydrogens (tertiary/aromatic N) is 4. The molecule has 1 amide bonds. The molecular formula is C23H28F4N4O6. The normalized spacial score (nSPS) is 13.0. The number of alkyl halides is 3. The van der Waals surface area contributed by atoms with Crippen LogP contribution in [0.5, 0.6) is 5.75 Å². The molecule has 1 aromatic heterocycles. The van der Waals surface area contributed by atoms with Crippen LogP contribution in [0.4, 0.5) is 17.6 Å². The number of carbonyl (C=O) groups is 1. The van der Waals surface area contributed by atoms with Gasteiger partial charge < -0.3 is 14.3 Å². The van der Waals surface area contributed by atoms with Crippen LogP contribution in [0.15, 0.2) is 39.1 Å². The van der Waals surface area contributed by atoms with E-state index in [1.165, 1.54) is 27.2 Å². The van der Waals surface area contributed by atoms with Gasteiger partial charge >= 0.3 is 11.9 Å². The number of methoxy groups -OCH3 is 2. The number of halogens is 4. The molecule has 1 unspecified atom stereocenters. The molecule has 204 valence electrons. The maximum atomic E-state index is 14.0. The molecule has 1 aromatic carbocycles. The standard InChI is InChI=1S/C23H28F4N4O6/c1-13(2)37-28-14(3)17-11-30(12-19(36-6)16-9-15(24)7-8-18(16)35-5)22(34)31(21(17)33)29(4)20(32)10-23(25,26)27/h7-9,11,13,19H,10,12H2,1-6H3/b28-14+. The van der Waals surface area contributed by atoms with E-state index in [2.05, 4.69) is 5.16 Å². The molecule has 10 nitrogen and oxygen atoms in total. The van der Waals surface area contributed by atoms with Crippen LogP contribution in [0.1, 0.15) is 44.4 Å². The molecule has 1 atom stereocenters. The van der Waals surface area contributed by atoms with E-state index in [4.69, 9.17) is 14.3 Å². The lowest BCUT2D eigenvalue weighted by atomic mass is 10.1. The molecule has 0 fully saturated rings. The number of hydrogen-bond donors (Lipinski definition) is 0. The monoisotopic (exact) mass is 532 g/mol. The third-order valence-electron chi connectivity index (χ3n) is 5.12. The summed E-state index contributed by atoms with van der Waals surface area (Å²) in [5, 5.41) is 4.12. The predicted molar refractivity (Wildman–Crippen MR) is 126 cm³/mol. The zero-order valence-corrected chi connectivity index (χ0v) is 21.1. The van der Waals surface area contributed by atoms with Gasteiger partial charge in [-0.15, -0.1) is 0 Å². The van der Waals surface area contributed by atoms with Gasteiger partial charge in [0.25, 0.3) is 5.56 Å². The minimum Gasteiger partial charge on any atom is -0.496 e. The maximum Gasteiger partial charge on any atom is 0.397 e. The summed E-state index contributed by atoms with van der Waals surface area (Å²) in [4.78, 5) is 43.8. The van der Waals surface area contributed by atoms with Gasteiger partial charge in [-0.1, -0.05) is 5.16 Å². The van der Waals surface area contributed by atoms with Crippen molar-refractivity contribution in [2.24, 2.45) is 5.16 Å². The van der Waals surface area contributed by atoms with E-state index >= 15 is 0 Å². The highest BCUT2D eigenvalue weighted by Gasteiger charge is 2.34. The molecule has 0 saturated heterocycles. The Labute approximate surface area is 209 Å². The molecule has 0 radical (unpaired) electrons. The summed E-state index contributed by atoms with van der Waals surface area (Å²) in [6.45, 7) is 4.41. The van der Waals surface area contributed by atoms with Crippen LogP contribution < -0.4 is 21.0 Å². The molecule has 0 saturated carbocycles. The van der Waals surface area contributed by atoms with Crippen molar-refractivity contribution in [1.29, 1.82) is 0 Å². The van der Waals surface area contributed by atoms with E-state index in [0.717, 1.165) is 29.9 Å². The fourth-order valence-electron chi connectivity index (χ4n) is 3.30. The number of aromatic nitrogens is 2. The first-order valence-electron chi connectivity index (χ1n) is 11.0. The summed E-state index contributed by atoms with van der Waals surface area (Å²) in [5.41, 5.74) is -2.23. The highest BCUT2D eigenvalue weighted by molar-refractivity contribution is 5.97. The highest BCUT2D eigenvalue weighted by Crippen LogP contribution is 2.29. The van der Waals surface area contributed by atoms with Crippen LogP contribution in [-0.2, 0) is 20.9 Å². The summed E-state index contributed by atoms with van der Waals surface area (Å²) in [5.74, 6) is -1.91. The van der Waals surface area contributed by atoms with Crippen molar-refractivity contribution in [3.63, 3.8) is 0 Å². The predicted octanol–water partition coefficient (Wildman–Crippen LogP) is 2.74. The van der Waals surface area contributed by atoms with Crippen molar-refractivity contribution in [3.8, 4) is 5.75 Å². The Bertz CT molecular complexity index is 1270. The first-order chi connectivity index (χ1) is 17.2. The Balaban J connectivity index is 2.72. The van der Waals surface area contributed by atoms with Crippen molar-refractivity contribution >= 4 is 11.6 Å². The number of rotatable bonds is 10. The van der Waals surface area contributed by atoms with Gasteiger partial charge in [0.2, 0.25) is 5.91 Å². The van der Waals surface area contributed by atoms with Crippen LogP contribution in [0, 0.1) is 5.82 Å². The fraction of sp³-hybridized carbons (Fsp3) is 0.478. The fourth-order valence-corrected chi connectivity index (χ4v) is 3.30. The van der Waals surface area contributed by atoms with E-state index in [0.29, 0.717) is 5.01 Å². The molecule has 0 spiro atoms. The molecule has 2 aromatic rings. The van der Waals surface area contributed by atoms with Crippen molar-refractivity contribution in [2.75, 3.05) is 26.3 Å². The van der Waals surface area contributed by atoms with Gasteiger partial charge in [-0.3, -0.25) is 14.2 Å². The van der Waals surface area contributed by atoms with Gasteiger partial charge in [-0.25, -0.2) is 14.2 Å². The van der Waals surface area contributed by atoms with E-state index in [1.807, 2.05) is 0 Å². The Morgan fingerprint density at radius 3 is 2.38 bits per heavy atom. The average Bonchev–Trinajstić information content (AvgIpc) is 2.81. The van der Waals surface area contributed by atoms with Gasteiger partial charge in [0.1, 0.15) is 30.2 Å². The van der Waals surface area contributed by atoms with Crippen molar-refractivity contribution in [1.82, 2.24) is 9.24 Å². The SMILES string of the molecule is COc1ccc(F)cc1C(Cn1cc(/C(C)=N/OC(C)C)c(=O)n(N(C)C(=O)CC(F)(F)F)c1=O)OC. The lowest BCUT2D eigenvalue weighted by Crippen LogP contribution is -2.55. The highest BCUT2D eigenvalue weighted by atomic mass is 19.4. The Hall–Kier alpha value is -3.68. The Morgan fingerprint density at radius 1 is 1.19 bits per heavy atom. The number of hydrogen-bond acceptors (Lipinski definition) is 7. The van der Waals surface area contributed by atoms with E-state index in [1.54, 1.807) is 13.8 Å². The second kappa shape index (κ2) is 12.0. The number of benzene rings is 1. The van der Waals surface area contributed by atoms with E-state index in [9.17, 15) is 31.9 Å². The topological polar surface area (TPSA) is 104 Å². The number of amides is 1. The molecule has 14 heteroatoms. The summed E-state index contributed by atoms with van der Waals surface area (Å²) in [6.07, 6.45) is -7.02. The summed E-state index contributed by atoms with van der Waals surface area (Å²) >= 11 is 0. The molecule has 0 aliphatic rings. The minimum absolute atomic E-state index is 0.00447. The minimum atomic E-state index is -4.87. The van der Waals surface area contributed by atoms with Gasteiger partial charge in [0, 0.05) is 25.9 Å². The second-order valence-electron chi connectivity index (χ2n) is 8.25. The van der Waals surface area contributed by atoms with Crippen molar-refractivity contribution in [2.45, 2.75) is 52.1 Å². The third kappa shape index (κ3) is 7.41. The first kappa shape index (κ1) is 29.5. The number of ether oxygens (including phenoxy) is 2. The van der Waals surface area contributed by atoms with Crippen LogP contribution in [-0.4, -0.2) is 54.4 Å². The second-order valence-corrected chi connectivity index (χ2v) is 8.25. The maximum absolute atomic E-state index is 14.0. The zero-order chi connectivity index (χ0) is 28.1. The largest absolute Gasteiger partial charge is 0.496 e. The molecular weight excluding hydrogens is 504 g/mol. The number of oxime groups is 1. The third-order valence-corrected chi connectivity index (χ3v) is 5.12. The lowest BCUT2D eigenvalue weighted by Gasteiger charge is -2.24. The summed E-state index contributed by atoms with van der Waals surface area (Å²) in [7, 11) is 3.51. The molecule has 1 heterocycles. The van der Waals surface area contributed by atoms with Crippen LogP contribution in [0.25, 0.3) is 0 Å². The zero-order valence-electron chi connectivity index (χ0n) is 21.1. The molecule has 0 aliphatic carbocycles. The Kier molecular flexibility index (Phi) is 9.61. The van der Waals surface area contributed by atoms with Crippen LogP contribution in [0.3, 0.4) is 0 Å². The average molecular weight is 532 g/mol. The summed E-state index contributed by atoms with van der Waals surface area (Å²) in [6, 6.07) is 3.65. The van der Waals surface area contributed by atoms with Gasteiger partial charge in [-0.05, 0) is 39.0 Å². The van der Waals surface area contributed by atoms with E-state index in [-0.39, 0.29) is 39.9 Å². The van der Waals surface area contributed by atoms with E-state index < -0.39 is 41.7 Å². The molecule has 0 aliphatic heterocycles. The molecule has 0 N–H and O–H groups in total. The molecule has 0 bridgehead atoms. The van der Waals surface area contributed by atoms with Crippen LogP contribution in [0.2, 0.25) is 0 Å². The van der Waals surface area contributed by atoms with Gasteiger partial charge in [-0.2, -0.15) is 17.8 Å².